The molecule has 0 aliphatic carbocycles. The zero-order chi connectivity index (χ0) is 31.2. The number of nitrogens with one attached hydrogen (secondary N) is 1. The number of aliphatic carboxylic acids is 1. The smallest absolute Gasteiger partial charge is 0.410 e. The Bertz CT molecular complexity index is 1480. The fourth-order valence-corrected chi connectivity index (χ4v) is 7.04. The molecule has 5 heterocycles. The highest BCUT2D eigenvalue weighted by Crippen LogP contribution is 2.41. The number of nitrogens with zero attached hydrogens (tertiary/aromatic N) is 6. The first-order valence-corrected chi connectivity index (χ1v) is 15.1. The van der Waals surface area contributed by atoms with Crippen molar-refractivity contribution in [1.82, 2.24) is 29.4 Å². The molecule has 4 amide bonds. The van der Waals surface area contributed by atoms with Crippen molar-refractivity contribution >= 4 is 63.9 Å². The van der Waals surface area contributed by atoms with Gasteiger partial charge >= 0.3 is 12.1 Å². The summed E-state index contributed by atoms with van der Waals surface area (Å²) in [5.74, 6) is -3.24. The van der Waals surface area contributed by atoms with Crippen molar-refractivity contribution in [1.29, 1.82) is 0 Å². The highest BCUT2D eigenvalue weighted by molar-refractivity contribution is 8.00. The molecule has 230 valence electrons. The van der Waals surface area contributed by atoms with E-state index in [9.17, 15) is 34.3 Å². The van der Waals surface area contributed by atoms with Crippen molar-refractivity contribution in [2.75, 3.05) is 31.1 Å². The Balaban J connectivity index is 1.27. The van der Waals surface area contributed by atoms with Crippen LogP contribution in [0.3, 0.4) is 0 Å². The summed E-state index contributed by atoms with van der Waals surface area (Å²) in [6.07, 6.45) is 2.09. The van der Waals surface area contributed by atoms with E-state index >= 15 is 0 Å². The predicted octanol–water partition coefficient (Wildman–Crippen LogP) is 0.205. The van der Waals surface area contributed by atoms with Gasteiger partial charge in [0.15, 0.2) is 5.13 Å². The van der Waals surface area contributed by atoms with E-state index in [2.05, 4.69) is 19.8 Å². The number of nitrogen functional groups attached to an aromatic ring is 1. The first kappa shape index (κ1) is 30.3. The van der Waals surface area contributed by atoms with Crippen LogP contribution in [0.15, 0.2) is 28.1 Å². The summed E-state index contributed by atoms with van der Waals surface area (Å²) in [5, 5.41) is 24.0. The van der Waals surface area contributed by atoms with E-state index in [-0.39, 0.29) is 34.4 Å². The number of rotatable bonds is 6. The second-order valence-corrected chi connectivity index (χ2v) is 13.1. The largest absolute Gasteiger partial charge is 0.477 e. The van der Waals surface area contributed by atoms with Gasteiger partial charge in [0.2, 0.25) is 17.4 Å². The molecular weight excluding hydrogens is 604 g/mol. The van der Waals surface area contributed by atoms with Crippen LogP contribution in [0, 0.1) is 0 Å². The number of carboxylic acids is 1. The van der Waals surface area contributed by atoms with Gasteiger partial charge in [-0.3, -0.25) is 19.3 Å². The molecule has 4 aliphatic rings. The molecule has 1 aromatic rings. The van der Waals surface area contributed by atoms with Gasteiger partial charge in [-0.25, -0.2) is 9.59 Å². The van der Waals surface area contributed by atoms with Gasteiger partial charge in [-0.15, -0.1) is 11.8 Å². The van der Waals surface area contributed by atoms with E-state index < -0.39 is 46.6 Å². The average molecular weight is 635 g/mol. The topological polar surface area (TPSA) is 221 Å². The monoisotopic (exact) mass is 634 g/mol. The number of β-lactam (4-membered cyclic amide) rings is 1. The highest BCUT2D eigenvalue weighted by atomic mass is 32.2. The van der Waals surface area contributed by atoms with Crippen molar-refractivity contribution in [2.45, 2.75) is 56.7 Å². The van der Waals surface area contributed by atoms with Crippen molar-refractivity contribution in [3.8, 4) is 0 Å². The quantitative estimate of drug-likeness (QED) is 0.108. The van der Waals surface area contributed by atoms with Crippen LogP contribution in [0.1, 0.15) is 39.4 Å². The number of anilines is 1. The van der Waals surface area contributed by atoms with Gasteiger partial charge in [-0.1, -0.05) is 5.16 Å². The Morgan fingerprint density at radius 1 is 1.23 bits per heavy atom. The molecule has 18 heteroatoms. The third-order valence-corrected chi connectivity index (χ3v) is 9.06. The van der Waals surface area contributed by atoms with E-state index in [1.54, 1.807) is 30.6 Å². The number of oxime groups is 1. The Morgan fingerprint density at radius 2 is 1.98 bits per heavy atom. The van der Waals surface area contributed by atoms with Gasteiger partial charge < -0.3 is 35.9 Å². The summed E-state index contributed by atoms with van der Waals surface area (Å²) >= 11 is 2.01. The molecular formula is C25H30N8O8S2. The van der Waals surface area contributed by atoms with Gasteiger partial charge in [0, 0.05) is 42.5 Å². The highest BCUT2D eigenvalue weighted by Gasteiger charge is 2.54. The fourth-order valence-electron chi connectivity index (χ4n) is 5.30. The first-order chi connectivity index (χ1) is 20.3. The van der Waals surface area contributed by atoms with E-state index in [1.807, 2.05) is 0 Å². The molecule has 0 bridgehead atoms. The number of aromatic nitrogens is 2. The van der Waals surface area contributed by atoms with Crippen LogP contribution >= 0.6 is 23.3 Å². The minimum absolute atomic E-state index is 0.0467. The molecule has 5 rings (SSSR count). The molecule has 3 saturated heterocycles. The number of likely N-dealkylation sites (tertiary alicyclic amines) is 2. The molecule has 3 atom stereocenters. The first-order valence-electron chi connectivity index (χ1n) is 13.3. The summed E-state index contributed by atoms with van der Waals surface area (Å²) in [6.45, 7) is 6.59. The van der Waals surface area contributed by atoms with Gasteiger partial charge in [-0.2, -0.15) is 9.36 Å². The van der Waals surface area contributed by atoms with E-state index in [4.69, 9.17) is 10.5 Å². The molecule has 3 fully saturated rings. The van der Waals surface area contributed by atoms with Crippen LogP contribution in [0.2, 0.25) is 0 Å². The molecule has 0 spiro atoms. The summed E-state index contributed by atoms with van der Waals surface area (Å²) in [7, 11) is 0. The van der Waals surface area contributed by atoms with E-state index in [0.29, 0.717) is 43.6 Å². The van der Waals surface area contributed by atoms with Gasteiger partial charge in [0.05, 0.1) is 6.04 Å². The normalized spacial score (nSPS) is 25.3. The lowest BCUT2D eigenvalue weighted by Gasteiger charge is -2.49. The number of ether oxygens (including phenoxy) is 1. The molecule has 43 heavy (non-hydrogen) atoms. The lowest BCUT2D eigenvalue weighted by molar-refractivity contribution is -0.150. The van der Waals surface area contributed by atoms with Crippen molar-refractivity contribution < 1.29 is 39.0 Å². The maximum absolute atomic E-state index is 13.3. The van der Waals surface area contributed by atoms with Crippen LogP contribution in [-0.4, -0.2) is 118 Å². The molecule has 0 unspecified atom stereocenters. The minimum atomic E-state index is -1.35. The second-order valence-electron chi connectivity index (χ2n) is 11.2. The minimum Gasteiger partial charge on any atom is -0.477 e. The number of hydrogen-bond donors (Lipinski definition) is 4. The lowest BCUT2D eigenvalue weighted by atomic mass is 10.0. The fraction of sp³-hybridized carbons (Fsp3) is 0.520. The van der Waals surface area contributed by atoms with Crippen LogP contribution in [0.25, 0.3) is 0 Å². The van der Waals surface area contributed by atoms with Crippen molar-refractivity contribution in [3.05, 3.63) is 28.7 Å². The maximum atomic E-state index is 13.3. The van der Waals surface area contributed by atoms with Crippen LogP contribution in [0.5, 0.6) is 0 Å². The zero-order valence-electron chi connectivity index (χ0n) is 23.5. The lowest BCUT2D eigenvalue weighted by Crippen LogP contribution is -2.71. The van der Waals surface area contributed by atoms with Crippen LogP contribution < -0.4 is 11.1 Å². The summed E-state index contributed by atoms with van der Waals surface area (Å²) in [6, 6.07) is -1.28. The average Bonchev–Trinajstić information content (AvgIpc) is 3.67. The number of allylic oxidation sites excluding steroid dienone is 1. The third kappa shape index (κ3) is 5.88. The number of amides is 4. The number of nitrogens with two attached hydrogens (primary N) is 1. The van der Waals surface area contributed by atoms with Crippen molar-refractivity contribution in [2.24, 2.45) is 5.16 Å². The summed E-state index contributed by atoms with van der Waals surface area (Å²) in [4.78, 5) is 72.0. The molecule has 5 N–H and O–H groups in total. The summed E-state index contributed by atoms with van der Waals surface area (Å²) < 4.78 is 9.26. The third-order valence-electron chi connectivity index (χ3n) is 7.22. The van der Waals surface area contributed by atoms with Crippen LogP contribution in [0.4, 0.5) is 9.93 Å². The Labute approximate surface area is 253 Å². The molecule has 1 aromatic heterocycles. The number of hydrogen-bond acceptors (Lipinski definition) is 13. The van der Waals surface area contributed by atoms with Crippen LogP contribution in [-0.2, 0) is 23.9 Å². The molecule has 0 radical (unpaired) electrons. The molecule has 4 aliphatic heterocycles. The van der Waals surface area contributed by atoms with Gasteiger partial charge in [0.1, 0.15) is 22.7 Å². The Morgan fingerprint density at radius 3 is 2.60 bits per heavy atom. The predicted molar refractivity (Wildman–Crippen MR) is 153 cm³/mol. The number of fused-ring (bicyclic) bond motifs is 1. The van der Waals surface area contributed by atoms with E-state index in [0.717, 1.165) is 16.4 Å². The second kappa shape index (κ2) is 11.5. The number of carbonyl (C=O) groups is 5. The zero-order valence-corrected chi connectivity index (χ0v) is 25.1. The Kier molecular flexibility index (Phi) is 8.08. The molecule has 0 aromatic carbocycles. The van der Waals surface area contributed by atoms with Gasteiger partial charge in [0.25, 0.3) is 11.8 Å². The maximum Gasteiger partial charge on any atom is 0.410 e. The molecule has 0 saturated carbocycles. The van der Waals surface area contributed by atoms with Crippen molar-refractivity contribution in [3.63, 3.8) is 0 Å². The number of thioether (sulfide) groups is 1. The van der Waals surface area contributed by atoms with Gasteiger partial charge in [-0.05, 0) is 45.3 Å². The number of carboxylic acid groups (broad SMARTS) is 1. The SMILES string of the molecule is CC(C)(C)OC(=O)N1CC[C@@H](N2CC/C(=C\C3=C(C(=O)O)N4C(=O)[C@@H](NC(=O)/C(=N\O)c5nsc(N)n5)[C@H]4SC3)C2=O)C1. The number of carbonyl (C=O) groups excluding carboxylic acids is 4. The molecule has 16 nitrogen and oxygen atoms in total. The summed E-state index contributed by atoms with van der Waals surface area (Å²) in [5.41, 5.74) is 4.81. The van der Waals surface area contributed by atoms with E-state index in [1.165, 1.54) is 17.8 Å². The Hall–Kier alpha value is -4.19. The standard InChI is InChI=1S/C25H30N8O8S2/c1-25(2,3)41-24(39)31-6-5-13(9-31)32-7-4-11(19(32)35)8-12-10-42-21-15(20(36)33(21)16(12)22(37)38)27-18(34)14(29-40)17-28-23(26)43-30-17/h8,13,15,21,40H,4-7,9-10H2,1-3H3,(H,27,34)(H,37,38)(H2,26,28,30)/b11-8+,29-14-/t13-,15-,21-/m1/s1.